The SMILES string of the molecule is C=C(C)C(=O)OCCCC1CC2CCC1C2. The molecule has 2 bridgehead atoms. The Kier molecular flexibility index (Phi) is 3.67. The van der Waals surface area contributed by atoms with Crippen LogP contribution in [0.3, 0.4) is 0 Å². The maximum absolute atomic E-state index is 11.1. The summed E-state index contributed by atoms with van der Waals surface area (Å²) in [6.45, 7) is 5.83. The summed E-state index contributed by atoms with van der Waals surface area (Å²) in [4.78, 5) is 11.1. The van der Waals surface area contributed by atoms with E-state index in [-0.39, 0.29) is 5.97 Å². The third-order valence-electron chi connectivity index (χ3n) is 4.19. The normalized spacial score (nSPS) is 31.7. The summed E-state index contributed by atoms with van der Waals surface area (Å²) in [5, 5.41) is 0. The number of ether oxygens (including phenoxy) is 1. The van der Waals surface area contributed by atoms with Crippen LogP contribution in [0.25, 0.3) is 0 Å². The van der Waals surface area contributed by atoms with Gasteiger partial charge in [-0.25, -0.2) is 4.79 Å². The van der Waals surface area contributed by atoms with Crippen molar-refractivity contribution in [3.05, 3.63) is 12.2 Å². The van der Waals surface area contributed by atoms with Gasteiger partial charge in [-0.1, -0.05) is 13.0 Å². The van der Waals surface area contributed by atoms with E-state index in [4.69, 9.17) is 4.74 Å². The van der Waals surface area contributed by atoms with Crippen molar-refractivity contribution in [2.24, 2.45) is 17.8 Å². The molecule has 0 saturated heterocycles. The molecule has 2 nitrogen and oxygen atoms in total. The van der Waals surface area contributed by atoms with Gasteiger partial charge >= 0.3 is 5.97 Å². The molecule has 0 radical (unpaired) electrons. The molecule has 0 amide bonds. The highest BCUT2D eigenvalue weighted by Gasteiger charge is 2.38. The molecule has 2 aliphatic rings. The Hall–Kier alpha value is -0.790. The van der Waals surface area contributed by atoms with Crippen LogP contribution in [-0.2, 0) is 9.53 Å². The maximum Gasteiger partial charge on any atom is 0.333 e. The van der Waals surface area contributed by atoms with Gasteiger partial charge in [-0.15, -0.1) is 0 Å². The lowest BCUT2D eigenvalue weighted by atomic mass is 9.86. The molecule has 0 aromatic carbocycles. The fourth-order valence-corrected chi connectivity index (χ4v) is 3.36. The molecule has 0 aliphatic heterocycles. The van der Waals surface area contributed by atoms with Gasteiger partial charge in [0.05, 0.1) is 6.61 Å². The number of hydrogen-bond donors (Lipinski definition) is 0. The topological polar surface area (TPSA) is 26.3 Å². The highest BCUT2D eigenvalue weighted by molar-refractivity contribution is 5.86. The average molecular weight is 222 g/mol. The first-order valence-corrected chi connectivity index (χ1v) is 6.49. The predicted octanol–water partition coefficient (Wildman–Crippen LogP) is 3.32. The van der Waals surface area contributed by atoms with E-state index in [0.717, 1.165) is 24.2 Å². The number of esters is 1. The first-order valence-electron chi connectivity index (χ1n) is 6.49. The van der Waals surface area contributed by atoms with Crippen molar-refractivity contribution >= 4 is 5.97 Å². The van der Waals surface area contributed by atoms with Gasteiger partial charge in [0.1, 0.15) is 0 Å². The van der Waals surface area contributed by atoms with Crippen molar-refractivity contribution in [2.75, 3.05) is 6.61 Å². The maximum atomic E-state index is 11.1. The monoisotopic (exact) mass is 222 g/mol. The van der Waals surface area contributed by atoms with Crippen molar-refractivity contribution in [3.8, 4) is 0 Å². The summed E-state index contributed by atoms with van der Waals surface area (Å²) in [6, 6.07) is 0. The molecule has 0 aromatic rings. The highest BCUT2D eigenvalue weighted by Crippen LogP contribution is 2.49. The number of fused-ring (bicyclic) bond motifs is 2. The Morgan fingerprint density at radius 2 is 2.19 bits per heavy atom. The van der Waals surface area contributed by atoms with E-state index in [2.05, 4.69) is 6.58 Å². The molecule has 3 atom stereocenters. The molecule has 0 spiro atoms. The second-order valence-electron chi connectivity index (χ2n) is 5.49. The van der Waals surface area contributed by atoms with E-state index in [9.17, 15) is 4.79 Å². The average Bonchev–Trinajstić information content (AvgIpc) is 2.85. The lowest BCUT2D eigenvalue weighted by molar-refractivity contribution is -0.139. The zero-order chi connectivity index (χ0) is 11.5. The van der Waals surface area contributed by atoms with Gasteiger partial charge in [-0.3, -0.25) is 0 Å². The molecule has 2 fully saturated rings. The largest absolute Gasteiger partial charge is 0.462 e. The molecular formula is C14H22O2. The Balaban J connectivity index is 1.59. The van der Waals surface area contributed by atoms with Crippen molar-refractivity contribution in [1.82, 2.24) is 0 Å². The lowest BCUT2D eigenvalue weighted by Crippen LogP contribution is -2.12. The second kappa shape index (κ2) is 5.03. The van der Waals surface area contributed by atoms with Crippen LogP contribution in [-0.4, -0.2) is 12.6 Å². The van der Waals surface area contributed by atoms with E-state index < -0.39 is 0 Å². The minimum atomic E-state index is -0.243. The summed E-state index contributed by atoms with van der Waals surface area (Å²) in [7, 11) is 0. The Morgan fingerprint density at radius 1 is 1.38 bits per heavy atom. The van der Waals surface area contributed by atoms with Crippen molar-refractivity contribution < 1.29 is 9.53 Å². The number of carbonyl (C=O) groups is 1. The molecule has 0 aromatic heterocycles. The van der Waals surface area contributed by atoms with E-state index >= 15 is 0 Å². The molecule has 2 rings (SSSR count). The van der Waals surface area contributed by atoms with Gasteiger partial charge in [0, 0.05) is 5.57 Å². The zero-order valence-electron chi connectivity index (χ0n) is 10.2. The van der Waals surface area contributed by atoms with Gasteiger partial charge in [0.2, 0.25) is 0 Å². The second-order valence-corrected chi connectivity index (χ2v) is 5.49. The zero-order valence-corrected chi connectivity index (χ0v) is 10.2. The third kappa shape index (κ3) is 2.66. The van der Waals surface area contributed by atoms with Crippen molar-refractivity contribution in [1.29, 1.82) is 0 Å². The molecule has 3 unspecified atom stereocenters. The molecule has 0 heterocycles. The standard InChI is InChI=1S/C14H22O2/c1-10(2)14(15)16-7-3-4-12-8-11-5-6-13(12)9-11/h11-13H,1,3-9H2,2H3. The Morgan fingerprint density at radius 3 is 2.75 bits per heavy atom. The highest BCUT2D eigenvalue weighted by atomic mass is 16.5. The Bertz CT molecular complexity index is 282. The molecule has 0 N–H and O–H groups in total. The van der Waals surface area contributed by atoms with E-state index in [1.165, 1.54) is 32.1 Å². The summed E-state index contributed by atoms with van der Waals surface area (Å²) < 4.78 is 5.10. The van der Waals surface area contributed by atoms with Crippen LogP contribution in [0.1, 0.15) is 45.4 Å². The fourth-order valence-electron chi connectivity index (χ4n) is 3.36. The van der Waals surface area contributed by atoms with Crippen LogP contribution in [0.4, 0.5) is 0 Å². The minimum absolute atomic E-state index is 0.243. The van der Waals surface area contributed by atoms with Gasteiger partial charge in [0.15, 0.2) is 0 Å². The van der Waals surface area contributed by atoms with Gasteiger partial charge in [0.25, 0.3) is 0 Å². The van der Waals surface area contributed by atoms with Crippen LogP contribution in [0.15, 0.2) is 12.2 Å². The van der Waals surface area contributed by atoms with Crippen molar-refractivity contribution in [3.63, 3.8) is 0 Å². The first kappa shape index (κ1) is 11.7. The Labute approximate surface area is 98.1 Å². The van der Waals surface area contributed by atoms with Gasteiger partial charge in [-0.05, 0) is 56.8 Å². The van der Waals surface area contributed by atoms with Crippen LogP contribution in [0.2, 0.25) is 0 Å². The number of rotatable bonds is 5. The third-order valence-corrected chi connectivity index (χ3v) is 4.19. The molecule has 2 heteroatoms. The molecular weight excluding hydrogens is 200 g/mol. The van der Waals surface area contributed by atoms with Crippen LogP contribution in [0.5, 0.6) is 0 Å². The first-order chi connectivity index (χ1) is 7.66. The van der Waals surface area contributed by atoms with E-state index in [0.29, 0.717) is 12.2 Å². The van der Waals surface area contributed by atoms with E-state index in [1.807, 2.05) is 0 Å². The van der Waals surface area contributed by atoms with Crippen LogP contribution >= 0.6 is 0 Å². The predicted molar refractivity (Wildman–Crippen MR) is 63.9 cm³/mol. The quantitative estimate of drug-likeness (QED) is 0.405. The molecule has 16 heavy (non-hydrogen) atoms. The molecule has 2 aliphatic carbocycles. The smallest absolute Gasteiger partial charge is 0.333 e. The minimum Gasteiger partial charge on any atom is -0.462 e. The lowest BCUT2D eigenvalue weighted by Gasteiger charge is -2.21. The molecule has 90 valence electrons. The van der Waals surface area contributed by atoms with Gasteiger partial charge in [-0.2, -0.15) is 0 Å². The van der Waals surface area contributed by atoms with Crippen LogP contribution < -0.4 is 0 Å². The fraction of sp³-hybridized carbons (Fsp3) is 0.786. The van der Waals surface area contributed by atoms with Crippen molar-refractivity contribution in [2.45, 2.75) is 45.4 Å². The summed E-state index contributed by atoms with van der Waals surface area (Å²) in [5.74, 6) is 2.69. The molecule has 2 saturated carbocycles. The van der Waals surface area contributed by atoms with E-state index in [1.54, 1.807) is 6.92 Å². The summed E-state index contributed by atoms with van der Waals surface area (Å²) in [6.07, 6.45) is 8.07. The summed E-state index contributed by atoms with van der Waals surface area (Å²) >= 11 is 0. The number of hydrogen-bond acceptors (Lipinski definition) is 2. The van der Waals surface area contributed by atoms with Gasteiger partial charge < -0.3 is 4.74 Å². The van der Waals surface area contributed by atoms with Crippen LogP contribution in [0, 0.1) is 17.8 Å². The number of carbonyl (C=O) groups excluding carboxylic acids is 1. The summed E-state index contributed by atoms with van der Waals surface area (Å²) in [5.41, 5.74) is 0.500.